The van der Waals surface area contributed by atoms with Gasteiger partial charge in [0.2, 0.25) is 5.91 Å². The van der Waals surface area contributed by atoms with Crippen molar-refractivity contribution in [3.05, 3.63) is 35.9 Å². The number of hydrogen-bond acceptors (Lipinski definition) is 4. The summed E-state index contributed by atoms with van der Waals surface area (Å²) in [5, 5.41) is 8.76. The van der Waals surface area contributed by atoms with E-state index in [1.54, 1.807) is 4.90 Å². The Morgan fingerprint density at radius 1 is 1.30 bits per heavy atom. The van der Waals surface area contributed by atoms with E-state index in [4.69, 9.17) is 9.84 Å². The van der Waals surface area contributed by atoms with E-state index < -0.39 is 0 Å². The number of amides is 1. The largest absolute Gasteiger partial charge is 0.396 e. The van der Waals surface area contributed by atoms with Gasteiger partial charge in [0, 0.05) is 39.9 Å². The van der Waals surface area contributed by atoms with Gasteiger partial charge in [-0.3, -0.25) is 9.69 Å². The molecule has 128 valence electrons. The number of benzene rings is 1. The average Bonchev–Trinajstić information content (AvgIpc) is 2.57. The lowest BCUT2D eigenvalue weighted by atomic mass is 10.1. The van der Waals surface area contributed by atoms with Gasteiger partial charge in [-0.1, -0.05) is 30.3 Å². The molecular formula is C18H28N2O3. The van der Waals surface area contributed by atoms with Crippen molar-refractivity contribution in [3.63, 3.8) is 0 Å². The van der Waals surface area contributed by atoms with Crippen LogP contribution in [0.25, 0.3) is 0 Å². The number of nitrogens with zero attached hydrogens (tertiary/aromatic N) is 2. The summed E-state index contributed by atoms with van der Waals surface area (Å²) in [6, 6.07) is 10.1. The molecule has 1 aromatic carbocycles. The summed E-state index contributed by atoms with van der Waals surface area (Å²) in [7, 11) is 1.86. The third-order valence-corrected chi connectivity index (χ3v) is 4.24. The van der Waals surface area contributed by atoms with E-state index in [2.05, 4.69) is 4.90 Å². The summed E-state index contributed by atoms with van der Waals surface area (Å²) >= 11 is 0. The van der Waals surface area contributed by atoms with Crippen molar-refractivity contribution in [1.29, 1.82) is 0 Å². The molecule has 0 spiro atoms. The summed E-state index contributed by atoms with van der Waals surface area (Å²) in [5.74, 6) is 0.161. The molecule has 0 saturated carbocycles. The predicted octanol–water partition coefficient (Wildman–Crippen LogP) is 1.51. The Labute approximate surface area is 138 Å². The van der Waals surface area contributed by atoms with Crippen molar-refractivity contribution in [2.24, 2.45) is 0 Å². The van der Waals surface area contributed by atoms with Crippen LogP contribution in [0.2, 0.25) is 0 Å². The first-order chi connectivity index (χ1) is 11.2. The van der Waals surface area contributed by atoms with Gasteiger partial charge < -0.3 is 14.7 Å². The number of likely N-dealkylation sites (N-methyl/N-ethyl adjacent to an activating group) is 1. The Morgan fingerprint density at radius 2 is 2.00 bits per heavy atom. The molecule has 1 saturated heterocycles. The molecular weight excluding hydrogens is 292 g/mol. The zero-order valence-electron chi connectivity index (χ0n) is 14.0. The van der Waals surface area contributed by atoms with Crippen LogP contribution in [0.1, 0.15) is 24.8 Å². The number of likely N-dealkylation sites (tertiary alicyclic amines) is 1. The number of piperidine rings is 1. The molecule has 1 aliphatic rings. The first kappa shape index (κ1) is 17.9. The van der Waals surface area contributed by atoms with Gasteiger partial charge in [-0.25, -0.2) is 0 Å². The van der Waals surface area contributed by atoms with Gasteiger partial charge in [0.05, 0.1) is 12.6 Å². The Kier molecular flexibility index (Phi) is 7.52. The van der Waals surface area contributed by atoms with Crippen molar-refractivity contribution in [2.75, 3.05) is 39.9 Å². The second kappa shape index (κ2) is 9.65. The maximum Gasteiger partial charge on any atom is 0.236 e. The smallest absolute Gasteiger partial charge is 0.236 e. The van der Waals surface area contributed by atoms with Crippen molar-refractivity contribution in [3.8, 4) is 0 Å². The molecule has 0 unspecified atom stereocenters. The van der Waals surface area contributed by atoms with Gasteiger partial charge in [0.15, 0.2) is 0 Å². The van der Waals surface area contributed by atoms with Crippen LogP contribution in [-0.2, 0) is 16.1 Å². The second-order valence-corrected chi connectivity index (χ2v) is 6.16. The summed E-state index contributed by atoms with van der Waals surface area (Å²) < 4.78 is 5.72. The Hall–Kier alpha value is -1.43. The molecule has 1 aliphatic heterocycles. The molecule has 5 heteroatoms. The Balaban J connectivity index is 1.68. The van der Waals surface area contributed by atoms with Gasteiger partial charge in [-0.2, -0.15) is 0 Å². The average molecular weight is 320 g/mol. The highest BCUT2D eigenvalue weighted by Gasteiger charge is 2.22. The minimum atomic E-state index is 0.161. The topological polar surface area (TPSA) is 53.0 Å². The molecule has 2 rings (SSSR count). The van der Waals surface area contributed by atoms with E-state index in [0.29, 0.717) is 26.1 Å². The van der Waals surface area contributed by atoms with Crippen LogP contribution in [0.3, 0.4) is 0 Å². The monoisotopic (exact) mass is 320 g/mol. The lowest BCUT2D eigenvalue weighted by Gasteiger charge is -2.32. The number of carbonyl (C=O) groups excluding carboxylic acids is 1. The normalized spacial score (nSPS) is 16.4. The van der Waals surface area contributed by atoms with Gasteiger partial charge in [-0.05, 0) is 24.8 Å². The zero-order chi connectivity index (χ0) is 16.5. The molecule has 1 heterocycles. The van der Waals surface area contributed by atoms with Crippen LogP contribution < -0.4 is 0 Å². The number of aliphatic hydroxyl groups excluding tert-OH is 1. The standard InChI is InChI=1S/C18H28N2O3/c1-19(14-16-6-3-2-4-7-16)18(22)15-20-10-8-17(9-11-20)23-13-5-12-21/h2-4,6-7,17,21H,5,8-15H2,1H3. The number of ether oxygens (including phenoxy) is 1. The maximum absolute atomic E-state index is 12.3. The summed E-state index contributed by atoms with van der Waals surface area (Å²) in [6.07, 6.45) is 2.89. The van der Waals surface area contributed by atoms with E-state index in [1.807, 2.05) is 37.4 Å². The molecule has 23 heavy (non-hydrogen) atoms. The number of carbonyl (C=O) groups is 1. The SMILES string of the molecule is CN(Cc1ccccc1)C(=O)CN1CCC(OCCCO)CC1. The second-order valence-electron chi connectivity index (χ2n) is 6.16. The molecule has 0 aromatic heterocycles. The molecule has 1 amide bonds. The first-order valence-electron chi connectivity index (χ1n) is 8.41. The Morgan fingerprint density at radius 3 is 2.65 bits per heavy atom. The lowest BCUT2D eigenvalue weighted by molar-refractivity contribution is -0.132. The van der Waals surface area contributed by atoms with Crippen molar-refractivity contribution in [1.82, 2.24) is 9.80 Å². The van der Waals surface area contributed by atoms with Crippen LogP contribution in [0.15, 0.2) is 30.3 Å². The van der Waals surface area contributed by atoms with E-state index >= 15 is 0 Å². The summed E-state index contributed by atoms with van der Waals surface area (Å²) in [4.78, 5) is 16.3. The van der Waals surface area contributed by atoms with E-state index in [1.165, 1.54) is 0 Å². The van der Waals surface area contributed by atoms with Crippen LogP contribution in [0, 0.1) is 0 Å². The van der Waals surface area contributed by atoms with Crippen molar-refractivity contribution >= 4 is 5.91 Å². The van der Waals surface area contributed by atoms with E-state index in [0.717, 1.165) is 31.5 Å². The van der Waals surface area contributed by atoms with E-state index in [9.17, 15) is 4.79 Å². The van der Waals surface area contributed by atoms with Crippen molar-refractivity contribution in [2.45, 2.75) is 31.9 Å². The maximum atomic E-state index is 12.3. The molecule has 0 atom stereocenters. The zero-order valence-corrected chi connectivity index (χ0v) is 14.0. The highest BCUT2D eigenvalue weighted by Crippen LogP contribution is 2.14. The first-order valence-corrected chi connectivity index (χ1v) is 8.41. The van der Waals surface area contributed by atoms with Gasteiger partial charge in [-0.15, -0.1) is 0 Å². The van der Waals surface area contributed by atoms with Gasteiger partial charge >= 0.3 is 0 Å². The number of rotatable bonds is 8. The van der Waals surface area contributed by atoms with Crippen LogP contribution in [-0.4, -0.2) is 66.8 Å². The fourth-order valence-corrected chi connectivity index (χ4v) is 2.81. The predicted molar refractivity (Wildman–Crippen MR) is 90.0 cm³/mol. The lowest BCUT2D eigenvalue weighted by Crippen LogP contribution is -2.43. The van der Waals surface area contributed by atoms with Crippen LogP contribution >= 0.6 is 0 Å². The summed E-state index contributed by atoms with van der Waals surface area (Å²) in [5.41, 5.74) is 1.15. The minimum Gasteiger partial charge on any atom is -0.396 e. The Bertz CT molecular complexity index is 459. The summed E-state index contributed by atoms with van der Waals surface area (Å²) in [6.45, 7) is 3.73. The molecule has 0 bridgehead atoms. The fraction of sp³-hybridized carbons (Fsp3) is 0.611. The van der Waals surface area contributed by atoms with Crippen LogP contribution in [0.4, 0.5) is 0 Å². The van der Waals surface area contributed by atoms with E-state index in [-0.39, 0.29) is 18.6 Å². The highest BCUT2D eigenvalue weighted by atomic mass is 16.5. The fourth-order valence-electron chi connectivity index (χ4n) is 2.81. The molecule has 1 aromatic rings. The molecule has 1 fully saturated rings. The third kappa shape index (κ3) is 6.29. The molecule has 5 nitrogen and oxygen atoms in total. The molecule has 1 N–H and O–H groups in total. The minimum absolute atomic E-state index is 0.161. The number of hydrogen-bond donors (Lipinski definition) is 1. The highest BCUT2D eigenvalue weighted by molar-refractivity contribution is 5.78. The van der Waals surface area contributed by atoms with Gasteiger partial charge in [0.1, 0.15) is 0 Å². The van der Waals surface area contributed by atoms with Crippen LogP contribution in [0.5, 0.6) is 0 Å². The number of aliphatic hydroxyl groups is 1. The molecule has 0 aliphatic carbocycles. The van der Waals surface area contributed by atoms with Crippen molar-refractivity contribution < 1.29 is 14.6 Å². The third-order valence-electron chi connectivity index (χ3n) is 4.24. The quantitative estimate of drug-likeness (QED) is 0.738. The van der Waals surface area contributed by atoms with Gasteiger partial charge in [0.25, 0.3) is 0 Å². The molecule has 0 radical (unpaired) electrons.